The third-order valence-electron chi connectivity index (χ3n) is 3.96. The number of piperidine rings is 1. The summed E-state index contributed by atoms with van der Waals surface area (Å²) in [7, 11) is 0. The normalized spacial score (nSPS) is 21.0. The first-order valence-electron chi connectivity index (χ1n) is 7.17. The van der Waals surface area contributed by atoms with E-state index in [1.165, 1.54) is 17.5 Å². The molecule has 3 amide bonds. The summed E-state index contributed by atoms with van der Waals surface area (Å²) >= 11 is 0. The topological polar surface area (TPSA) is 70.2 Å². The fourth-order valence-electron chi connectivity index (χ4n) is 2.86. The van der Waals surface area contributed by atoms with Crippen molar-refractivity contribution < 1.29 is 9.59 Å². The summed E-state index contributed by atoms with van der Waals surface area (Å²) in [5.41, 5.74) is 3.57. The van der Waals surface area contributed by atoms with Gasteiger partial charge in [0.05, 0.1) is 0 Å². The molecule has 1 saturated heterocycles. The Morgan fingerprint density at radius 3 is 2.85 bits per heavy atom. The number of nitrogens with one attached hydrogen (secondary N) is 3. The van der Waals surface area contributed by atoms with Crippen molar-refractivity contribution >= 4 is 17.6 Å². The van der Waals surface area contributed by atoms with Crippen molar-refractivity contribution in [3.8, 4) is 0 Å². The fraction of sp³-hybridized carbons (Fsp3) is 0.467. The summed E-state index contributed by atoms with van der Waals surface area (Å²) in [6.45, 7) is 0.510. The molecule has 106 valence electrons. The van der Waals surface area contributed by atoms with Crippen LogP contribution in [-0.4, -0.2) is 24.5 Å². The van der Waals surface area contributed by atoms with E-state index >= 15 is 0 Å². The second kappa shape index (κ2) is 5.53. The first-order chi connectivity index (χ1) is 9.70. The molecule has 20 heavy (non-hydrogen) atoms. The van der Waals surface area contributed by atoms with Crippen molar-refractivity contribution in [1.82, 2.24) is 10.6 Å². The van der Waals surface area contributed by atoms with Crippen molar-refractivity contribution in [2.45, 2.75) is 38.1 Å². The Morgan fingerprint density at radius 1 is 1.20 bits per heavy atom. The second-order valence-corrected chi connectivity index (χ2v) is 5.48. The van der Waals surface area contributed by atoms with Crippen molar-refractivity contribution in [3.05, 3.63) is 29.3 Å². The Bertz CT molecular complexity index is 532. The van der Waals surface area contributed by atoms with Crippen LogP contribution in [0.4, 0.5) is 10.5 Å². The average Bonchev–Trinajstić information content (AvgIpc) is 2.89. The van der Waals surface area contributed by atoms with Crippen LogP contribution in [0.2, 0.25) is 0 Å². The van der Waals surface area contributed by atoms with Crippen molar-refractivity contribution in [2.75, 3.05) is 11.9 Å². The zero-order chi connectivity index (χ0) is 13.9. The van der Waals surface area contributed by atoms with E-state index in [9.17, 15) is 9.59 Å². The largest absolute Gasteiger partial charge is 0.354 e. The van der Waals surface area contributed by atoms with Gasteiger partial charge in [-0.15, -0.1) is 0 Å². The maximum atomic E-state index is 11.9. The number of urea groups is 1. The fourth-order valence-corrected chi connectivity index (χ4v) is 2.86. The minimum atomic E-state index is -0.205. The van der Waals surface area contributed by atoms with E-state index in [2.05, 4.69) is 28.1 Å². The molecule has 5 heteroatoms. The molecule has 0 saturated carbocycles. The Balaban J connectivity index is 1.55. The third-order valence-corrected chi connectivity index (χ3v) is 3.96. The van der Waals surface area contributed by atoms with Crippen LogP contribution in [0.25, 0.3) is 0 Å². The van der Waals surface area contributed by atoms with Gasteiger partial charge in [-0.05, 0) is 48.9 Å². The smallest absolute Gasteiger partial charge is 0.319 e. The molecule has 5 nitrogen and oxygen atoms in total. The molecule has 1 aliphatic carbocycles. The summed E-state index contributed by atoms with van der Waals surface area (Å²) in [6, 6.07) is 5.92. The quantitative estimate of drug-likeness (QED) is 0.765. The molecule has 3 N–H and O–H groups in total. The van der Waals surface area contributed by atoms with Gasteiger partial charge < -0.3 is 16.0 Å². The standard InChI is InChI=1S/C15H19N3O2/c19-14-7-6-13(9-16-14)18-15(20)17-12-5-4-10-2-1-3-11(10)8-12/h4-5,8,13H,1-3,6-7,9H2,(H,16,19)(H2,17,18,20)/t13-/m1/s1. The second-order valence-electron chi connectivity index (χ2n) is 5.48. The highest BCUT2D eigenvalue weighted by Gasteiger charge is 2.19. The number of hydrogen-bond donors (Lipinski definition) is 3. The molecular weight excluding hydrogens is 254 g/mol. The number of amides is 3. The average molecular weight is 273 g/mol. The van der Waals surface area contributed by atoms with Crippen LogP contribution in [0.15, 0.2) is 18.2 Å². The molecule has 0 spiro atoms. The van der Waals surface area contributed by atoms with Gasteiger partial charge in [-0.2, -0.15) is 0 Å². The minimum absolute atomic E-state index is 0.0159. The minimum Gasteiger partial charge on any atom is -0.354 e. The van der Waals surface area contributed by atoms with Gasteiger partial charge in [0.25, 0.3) is 0 Å². The van der Waals surface area contributed by atoms with Gasteiger partial charge >= 0.3 is 6.03 Å². The zero-order valence-corrected chi connectivity index (χ0v) is 11.4. The SMILES string of the molecule is O=C1CC[C@@H](NC(=O)Nc2ccc3c(c2)CCC3)CN1. The first kappa shape index (κ1) is 13.0. The van der Waals surface area contributed by atoms with Crippen molar-refractivity contribution in [1.29, 1.82) is 0 Å². The van der Waals surface area contributed by atoms with Crippen LogP contribution in [0.5, 0.6) is 0 Å². The third kappa shape index (κ3) is 2.92. The molecule has 1 heterocycles. The van der Waals surface area contributed by atoms with E-state index in [1.54, 1.807) is 0 Å². The molecule has 1 aromatic rings. The van der Waals surface area contributed by atoms with E-state index in [1.807, 2.05) is 6.07 Å². The predicted octanol–water partition coefficient (Wildman–Crippen LogP) is 1.58. The number of carbonyl (C=O) groups excluding carboxylic acids is 2. The monoisotopic (exact) mass is 273 g/mol. The summed E-state index contributed by atoms with van der Waals surface area (Å²) in [5, 5.41) is 8.51. The maximum Gasteiger partial charge on any atom is 0.319 e. The molecule has 2 aliphatic rings. The highest BCUT2D eigenvalue weighted by atomic mass is 16.2. The van der Waals surface area contributed by atoms with Gasteiger partial charge in [-0.3, -0.25) is 4.79 Å². The van der Waals surface area contributed by atoms with Crippen molar-refractivity contribution in [3.63, 3.8) is 0 Å². The van der Waals surface area contributed by atoms with E-state index in [0.717, 1.165) is 18.5 Å². The predicted molar refractivity (Wildman–Crippen MR) is 76.7 cm³/mol. The Hall–Kier alpha value is -2.04. The molecule has 1 atom stereocenters. The number of anilines is 1. The van der Waals surface area contributed by atoms with Crippen LogP contribution in [0.1, 0.15) is 30.4 Å². The summed E-state index contributed by atoms with van der Waals surface area (Å²) in [5.74, 6) is 0.0575. The molecule has 0 aromatic heterocycles. The Labute approximate surface area is 118 Å². The lowest BCUT2D eigenvalue weighted by Crippen LogP contribution is -2.48. The highest BCUT2D eigenvalue weighted by molar-refractivity contribution is 5.89. The van der Waals surface area contributed by atoms with E-state index in [4.69, 9.17) is 0 Å². The van der Waals surface area contributed by atoms with Gasteiger partial charge in [0, 0.05) is 24.7 Å². The van der Waals surface area contributed by atoms with Crippen molar-refractivity contribution in [2.24, 2.45) is 0 Å². The van der Waals surface area contributed by atoms with Gasteiger partial charge in [-0.1, -0.05) is 6.07 Å². The number of aryl methyl sites for hydroxylation is 2. The molecule has 3 rings (SSSR count). The first-order valence-corrected chi connectivity index (χ1v) is 7.17. The maximum absolute atomic E-state index is 11.9. The lowest BCUT2D eigenvalue weighted by molar-refractivity contribution is -0.122. The number of carbonyl (C=O) groups is 2. The number of hydrogen-bond acceptors (Lipinski definition) is 2. The van der Waals surface area contributed by atoms with E-state index in [0.29, 0.717) is 19.4 Å². The number of fused-ring (bicyclic) bond motifs is 1. The van der Waals surface area contributed by atoms with Gasteiger partial charge in [0.2, 0.25) is 5.91 Å². The summed E-state index contributed by atoms with van der Waals surface area (Å²) < 4.78 is 0. The van der Waals surface area contributed by atoms with E-state index < -0.39 is 0 Å². The van der Waals surface area contributed by atoms with Gasteiger partial charge in [0.15, 0.2) is 0 Å². The molecule has 0 unspecified atom stereocenters. The highest BCUT2D eigenvalue weighted by Crippen LogP contribution is 2.24. The van der Waals surface area contributed by atoms with Crippen LogP contribution >= 0.6 is 0 Å². The van der Waals surface area contributed by atoms with Gasteiger partial charge in [0.1, 0.15) is 0 Å². The Kier molecular flexibility index (Phi) is 3.58. The summed E-state index contributed by atoms with van der Waals surface area (Å²) in [4.78, 5) is 23.0. The lowest BCUT2D eigenvalue weighted by Gasteiger charge is -2.23. The molecular formula is C15H19N3O2. The molecule has 0 radical (unpaired) electrons. The van der Waals surface area contributed by atoms with Crippen LogP contribution in [0.3, 0.4) is 0 Å². The lowest BCUT2D eigenvalue weighted by atomic mass is 10.1. The molecule has 1 aliphatic heterocycles. The van der Waals surface area contributed by atoms with Crippen LogP contribution in [-0.2, 0) is 17.6 Å². The van der Waals surface area contributed by atoms with Crippen LogP contribution in [0, 0.1) is 0 Å². The molecule has 1 aromatic carbocycles. The molecule has 1 fully saturated rings. The summed E-state index contributed by atoms with van der Waals surface area (Å²) in [6.07, 6.45) is 4.62. The molecule has 0 bridgehead atoms. The Morgan fingerprint density at radius 2 is 2.05 bits per heavy atom. The zero-order valence-electron chi connectivity index (χ0n) is 11.4. The number of benzene rings is 1. The van der Waals surface area contributed by atoms with Gasteiger partial charge in [-0.25, -0.2) is 4.79 Å². The van der Waals surface area contributed by atoms with Crippen LogP contribution < -0.4 is 16.0 Å². The number of rotatable bonds is 2. The van der Waals surface area contributed by atoms with E-state index in [-0.39, 0.29) is 18.0 Å².